The van der Waals surface area contributed by atoms with Gasteiger partial charge in [-0.1, -0.05) is 70.9 Å². The molecule has 3 fully saturated rings. The van der Waals surface area contributed by atoms with Crippen LogP contribution in [0, 0.1) is 23.7 Å². The molecule has 31 heavy (non-hydrogen) atoms. The van der Waals surface area contributed by atoms with Gasteiger partial charge in [0.15, 0.2) is 0 Å². The Morgan fingerprint density at radius 3 is 2.52 bits per heavy atom. The van der Waals surface area contributed by atoms with Crippen LogP contribution in [0.15, 0.2) is 30.8 Å². The van der Waals surface area contributed by atoms with Crippen LogP contribution >= 0.6 is 0 Å². The molecule has 2 saturated carbocycles. The molecule has 6 atom stereocenters. The Labute approximate surface area is 191 Å². The number of carbonyl (C=O) groups is 1. The van der Waals surface area contributed by atoms with Crippen LogP contribution in [-0.4, -0.2) is 23.4 Å². The number of allylic oxidation sites excluding steroid dienone is 1. The van der Waals surface area contributed by atoms with Crippen LogP contribution in [0.5, 0.6) is 0 Å². The van der Waals surface area contributed by atoms with Crippen molar-refractivity contribution in [3.63, 3.8) is 0 Å². The average Bonchev–Trinajstić information content (AvgIpc) is 3.40. The van der Waals surface area contributed by atoms with E-state index in [0.29, 0.717) is 12.2 Å². The fourth-order valence-electron chi connectivity index (χ4n) is 5.34. The van der Waals surface area contributed by atoms with Crippen molar-refractivity contribution in [1.82, 2.24) is 5.32 Å². The van der Waals surface area contributed by atoms with Crippen molar-refractivity contribution in [2.75, 3.05) is 0 Å². The molecular weight excluding hydrogens is 386 g/mol. The maximum absolute atomic E-state index is 10.7. The summed E-state index contributed by atoms with van der Waals surface area (Å²) in [4.78, 5) is 10.7. The van der Waals surface area contributed by atoms with Gasteiger partial charge in [0.05, 0.1) is 17.7 Å². The summed E-state index contributed by atoms with van der Waals surface area (Å²) in [6.45, 7) is 18.3. The molecule has 2 aliphatic carbocycles. The predicted octanol–water partition coefficient (Wildman–Crippen LogP) is 7.34. The summed E-state index contributed by atoms with van der Waals surface area (Å²) in [5, 5.41) is 11.2. The van der Waals surface area contributed by atoms with Gasteiger partial charge in [0.1, 0.15) is 0 Å². The minimum absolute atomic E-state index is 0. The smallest absolute Gasteiger partial charge is 0.405 e. The maximum atomic E-state index is 10.7. The standard InChI is InChI=1S/C13H17NO2.C12H20O.C2H6.H2/c1-9(2)10-6-5-7-11(8-10)13(3,4)14-12(15)16;1-7-3-4-8(2)11-9(5-7)6-10-12(11)13-10;1-2;/h5-8,14H,1H2,2-4H3,(H,15,16);7-12H,3-6H2,1-2H3;1-2H3;1H. The highest BCUT2D eigenvalue weighted by Crippen LogP contribution is 2.54. The highest BCUT2D eigenvalue weighted by molar-refractivity contribution is 5.67. The lowest BCUT2D eigenvalue weighted by molar-refractivity contribution is 0.153. The van der Waals surface area contributed by atoms with Gasteiger partial charge in [-0.25, -0.2) is 4.79 Å². The molecule has 0 spiro atoms. The lowest BCUT2D eigenvalue weighted by atomic mass is 9.83. The van der Waals surface area contributed by atoms with Crippen molar-refractivity contribution in [3.8, 4) is 0 Å². The molecule has 4 heteroatoms. The minimum Gasteiger partial charge on any atom is -0.465 e. The first kappa shape index (κ1) is 25.5. The monoisotopic (exact) mass is 431 g/mol. The van der Waals surface area contributed by atoms with Crippen LogP contribution in [0.1, 0.15) is 86.7 Å². The Morgan fingerprint density at radius 2 is 1.90 bits per heavy atom. The van der Waals surface area contributed by atoms with Gasteiger partial charge in [-0.15, -0.1) is 0 Å². The first-order chi connectivity index (χ1) is 14.6. The van der Waals surface area contributed by atoms with Crippen molar-refractivity contribution >= 4 is 11.7 Å². The Hall–Kier alpha value is -1.81. The van der Waals surface area contributed by atoms with E-state index < -0.39 is 11.6 Å². The third kappa shape index (κ3) is 6.58. The Balaban J connectivity index is 0.000000292. The molecule has 1 saturated heterocycles. The molecule has 4 nitrogen and oxygen atoms in total. The van der Waals surface area contributed by atoms with Crippen LogP contribution in [0.2, 0.25) is 0 Å². The number of hydrogen-bond acceptors (Lipinski definition) is 2. The van der Waals surface area contributed by atoms with Gasteiger partial charge in [0, 0.05) is 1.43 Å². The number of benzene rings is 1. The predicted molar refractivity (Wildman–Crippen MR) is 131 cm³/mol. The number of amides is 1. The molecule has 0 aromatic heterocycles. The van der Waals surface area contributed by atoms with Gasteiger partial charge in [0.25, 0.3) is 0 Å². The van der Waals surface area contributed by atoms with E-state index in [0.717, 1.165) is 40.4 Å². The summed E-state index contributed by atoms with van der Waals surface area (Å²) in [7, 11) is 0. The zero-order valence-corrected chi connectivity index (χ0v) is 20.6. The van der Waals surface area contributed by atoms with Crippen molar-refractivity contribution in [2.24, 2.45) is 23.7 Å². The molecule has 1 heterocycles. The minimum atomic E-state index is -1.02. The SMILES string of the molecule is C=C(C)c1cccc(C(C)(C)NC(=O)O)c1.CC.CC1CCC(C)C2C(C1)CC1OC12.[HH]. The van der Waals surface area contributed by atoms with Crippen LogP contribution in [0.4, 0.5) is 4.79 Å². The number of fused-ring (bicyclic) bond motifs is 3. The Kier molecular flexibility index (Phi) is 8.76. The van der Waals surface area contributed by atoms with Crippen molar-refractivity contribution in [3.05, 3.63) is 42.0 Å². The van der Waals surface area contributed by atoms with Gasteiger partial charge in [-0.3, -0.25) is 0 Å². The molecule has 0 radical (unpaired) electrons. The Bertz CT molecular complexity index is 763. The second-order valence-electron chi connectivity index (χ2n) is 10.0. The van der Waals surface area contributed by atoms with Gasteiger partial charge in [-0.2, -0.15) is 0 Å². The number of ether oxygens (including phenoxy) is 1. The van der Waals surface area contributed by atoms with Gasteiger partial charge >= 0.3 is 6.09 Å². The van der Waals surface area contributed by atoms with Crippen LogP contribution in [0.3, 0.4) is 0 Å². The first-order valence-corrected chi connectivity index (χ1v) is 12.0. The van der Waals surface area contributed by atoms with Gasteiger partial charge in [-0.05, 0) is 74.5 Å². The van der Waals surface area contributed by atoms with E-state index >= 15 is 0 Å². The topological polar surface area (TPSA) is 61.9 Å². The molecule has 1 aromatic rings. The van der Waals surface area contributed by atoms with Crippen LogP contribution in [0.25, 0.3) is 5.57 Å². The molecule has 176 valence electrons. The summed E-state index contributed by atoms with van der Waals surface area (Å²) < 4.78 is 5.68. The maximum Gasteiger partial charge on any atom is 0.405 e. The lowest BCUT2D eigenvalue weighted by Crippen LogP contribution is -2.40. The van der Waals surface area contributed by atoms with Crippen LogP contribution < -0.4 is 5.32 Å². The number of hydrogen-bond donors (Lipinski definition) is 2. The normalized spacial score (nSPS) is 30.8. The number of rotatable bonds is 3. The molecule has 4 rings (SSSR count). The second-order valence-corrected chi connectivity index (χ2v) is 10.0. The molecular formula is C27H45NO3. The zero-order valence-electron chi connectivity index (χ0n) is 20.6. The van der Waals surface area contributed by atoms with E-state index in [1.807, 2.05) is 58.9 Å². The second kappa shape index (κ2) is 10.7. The van der Waals surface area contributed by atoms with E-state index in [1.54, 1.807) is 0 Å². The van der Waals surface area contributed by atoms with E-state index in [1.165, 1.54) is 25.7 Å². The molecule has 1 aromatic carbocycles. The van der Waals surface area contributed by atoms with Crippen molar-refractivity contribution in [1.29, 1.82) is 0 Å². The van der Waals surface area contributed by atoms with Crippen molar-refractivity contribution < 1.29 is 16.1 Å². The third-order valence-corrected chi connectivity index (χ3v) is 7.05. The summed E-state index contributed by atoms with van der Waals surface area (Å²) in [6.07, 6.45) is 6.09. The lowest BCUT2D eigenvalue weighted by Gasteiger charge is -2.25. The number of carboxylic acid groups (broad SMARTS) is 1. The molecule has 0 bridgehead atoms. The largest absolute Gasteiger partial charge is 0.465 e. The average molecular weight is 432 g/mol. The molecule has 2 N–H and O–H groups in total. The summed E-state index contributed by atoms with van der Waals surface area (Å²) >= 11 is 0. The van der Waals surface area contributed by atoms with Crippen molar-refractivity contribution in [2.45, 2.75) is 91.9 Å². The quantitative estimate of drug-likeness (QED) is 0.492. The first-order valence-electron chi connectivity index (χ1n) is 12.0. The molecule has 1 aliphatic heterocycles. The number of nitrogens with one attached hydrogen (secondary N) is 1. The summed E-state index contributed by atoms with van der Waals surface area (Å²) in [5.41, 5.74) is 2.32. The Morgan fingerprint density at radius 1 is 1.23 bits per heavy atom. The highest BCUT2D eigenvalue weighted by Gasteiger charge is 2.57. The molecule has 1 amide bonds. The van der Waals surface area contributed by atoms with Gasteiger partial charge < -0.3 is 15.2 Å². The van der Waals surface area contributed by atoms with Crippen LogP contribution in [-0.2, 0) is 10.3 Å². The highest BCUT2D eigenvalue weighted by atomic mass is 16.6. The van der Waals surface area contributed by atoms with E-state index in [-0.39, 0.29) is 1.43 Å². The number of epoxide rings is 1. The summed E-state index contributed by atoms with van der Waals surface area (Å²) in [6, 6.07) is 7.73. The molecule has 3 aliphatic rings. The third-order valence-electron chi connectivity index (χ3n) is 7.05. The van der Waals surface area contributed by atoms with Gasteiger partial charge in [0.2, 0.25) is 0 Å². The fraction of sp³-hybridized carbons (Fsp3) is 0.667. The van der Waals surface area contributed by atoms with E-state index in [2.05, 4.69) is 25.7 Å². The van der Waals surface area contributed by atoms with E-state index in [4.69, 9.17) is 9.84 Å². The van der Waals surface area contributed by atoms with E-state index in [9.17, 15) is 4.79 Å². The molecule has 6 unspecified atom stereocenters. The summed E-state index contributed by atoms with van der Waals surface area (Å²) in [5.74, 6) is 3.83. The fourth-order valence-corrected chi connectivity index (χ4v) is 5.34. The zero-order chi connectivity index (χ0) is 23.3.